The SMILES string of the molecule is CCNC(CC(C)(C)C)c1cccc(C2CCC2)c1. The van der Waals surface area contributed by atoms with Crippen molar-refractivity contribution in [2.45, 2.75) is 65.3 Å². The molecule has 0 bridgehead atoms. The lowest BCUT2D eigenvalue weighted by Gasteiger charge is -2.29. The van der Waals surface area contributed by atoms with Crippen LogP contribution >= 0.6 is 0 Å². The van der Waals surface area contributed by atoms with Crippen LogP contribution in [0, 0.1) is 5.41 Å². The summed E-state index contributed by atoms with van der Waals surface area (Å²) in [5.41, 5.74) is 3.39. The number of hydrogen-bond acceptors (Lipinski definition) is 1. The van der Waals surface area contributed by atoms with Crippen molar-refractivity contribution in [3.8, 4) is 0 Å². The number of hydrogen-bond donors (Lipinski definition) is 1. The Hall–Kier alpha value is -0.820. The van der Waals surface area contributed by atoms with Crippen molar-refractivity contribution in [2.24, 2.45) is 5.41 Å². The summed E-state index contributed by atoms with van der Waals surface area (Å²) in [5, 5.41) is 3.66. The van der Waals surface area contributed by atoms with Crippen molar-refractivity contribution in [3.63, 3.8) is 0 Å². The summed E-state index contributed by atoms with van der Waals surface area (Å²) in [7, 11) is 0. The fourth-order valence-electron chi connectivity index (χ4n) is 2.94. The van der Waals surface area contributed by atoms with E-state index in [1.807, 2.05) is 0 Å². The largest absolute Gasteiger partial charge is 0.310 e. The molecule has 1 nitrogen and oxygen atoms in total. The maximum Gasteiger partial charge on any atom is 0.0325 e. The summed E-state index contributed by atoms with van der Waals surface area (Å²) in [5.74, 6) is 0.830. The van der Waals surface area contributed by atoms with Crippen LogP contribution in [-0.2, 0) is 0 Å². The van der Waals surface area contributed by atoms with Gasteiger partial charge in [0.1, 0.15) is 0 Å². The topological polar surface area (TPSA) is 12.0 Å². The lowest BCUT2D eigenvalue weighted by atomic mass is 9.78. The highest BCUT2D eigenvalue weighted by Gasteiger charge is 2.22. The highest BCUT2D eigenvalue weighted by molar-refractivity contribution is 5.29. The Morgan fingerprint density at radius 3 is 2.53 bits per heavy atom. The third-order valence-corrected chi connectivity index (χ3v) is 4.16. The maximum absolute atomic E-state index is 3.66. The van der Waals surface area contributed by atoms with Crippen molar-refractivity contribution in [1.29, 1.82) is 0 Å². The van der Waals surface area contributed by atoms with Crippen molar-refractivity contribution in [1.82, 2.24) is 5.32 Å². The highest BCUT2D eigenvalue weighted by Crippen LogP contribution is 2.38. The summed E-state index contributed by atoms with van der Waals surface area (Å²) < 4.78 is 0. The molecule has 1 aliphatic rings. The molecule has 1 unspecified atom stereocenters. The van der Waals surface area contributed by atoms with Gasteiger partial charge < -0.3 is 5.32 Å². The Morgan fingerprint density at radius 2 is 2.00 bits per heavy atom. The van der Waals surface area contributed by atoms with Crippen LogP contribution in [0.4, 0.5) is 0 Å². The first-order valence-corrected chi connectivity index (χ1v) is 7.83. The Kier molecular flexibility index (Phi) is 4.67. The van der Waals surface area contributed by atoms with E-state index < -0.39 is 0 Å². The lowest BCUT2D eigenvalue weighted by Crippen LogP contribution is -2.25. The molecule has 1 fully saturated rings. The fourth-order valence-corrected chi connectivity index (χ4v) is 2.94. The van der Waals surface area contributed by atoms with E-state index in [-0.39, 0.29) is 0 Å². The molecule has 0 radical (unpaired) electrons. The van der Waals surface area contributed by atoms with E-state index in [0.717, 1.165) is 12.5 Å². The van der Waals surface area contributed by atoms with E-state index >= 15 is 0 Å². The molecule has 0 aliphatic heterocycles. The maximum atomic E-state index is 3.66. The quantitative estimate of drug-likeness (QED) is 0.781. The Labute approximate surface area is 118 Å². The Balaban J connectivity index is 2.15. The molecular formula is C18H29N. The number of nitrogens with one attached hydrogen (secondary N) is 1. The predicted molar refractivity (Wildman–Crippen MR) is 83.5 cm³/mol. The van der Waals surface area contributed by atoms with Crippen LogP contribution in [0.2, 0.25) is 0 Å². The predicted octanol–water partition coefficient (Wildman–Crippen LogP) is 5.04. The van der Waals surface area contributed by atoms with Crippen molar-refractivity contribution in [2.75, 3.05) is 6.54 Å². The van der Waals surface area contributed by atoms with Crippen LogP contribution in [0.25, 0.3) is 0 Å². The Bertz CT molecular complexity index is 398. The first-order valence-electron chi connectivity index (χ1n) is 7.83. The average Bonchev–Trinajstić information content (AvgIpc) is 2.25. The third-order valence-electron chi connectivity index (χ3n) is 4.16. The summed E-state index contributed by atoms with van der Waals surface area (Å²) in [6.45, 7) is 10.2. The molecule has 1 N–H and O–H groups in total. The van der Waals surface area contributed by atoms with Gasteiger partial charge in [-0.25, -0.2) is 0 Å². The summed E-state index contributed by atoms with van der Waals surface area (Å²) in [4.78, 5) is 0. The minimum absolute atomic E-state index is 0.360. The van der Waals surface area contributed by atoms with E-state index in [4.69, 9.17) is 0 Å². The first kappa shape index (κ1) is 14.6. The summed E-state index contributed by atoms with van der Waals surface area (Å²) in [6.07, 6.45) is 5.37. The second-order valence-electron chi connectivity index (χ2n) is 7.17. The number of benzene rings is 1. The minimum Gasteiger partial charge on any atom is -0.310 e. The molecule has 1 atom stereocenters. The van der Waals surface area contributed by atoms with E-state index in [1.165, 1.54) is 31.2 Å². The molecular weight excluding hydrogens is 230 g/mol. The van der Waals surface area contributed by atoms with Crippen LogP contribution < -0.4 is 5.32 Å². The fraction of sp³-hybridized carbons (Fsp3) is 0.667. The molecule has 0 saturated heterocycles. The zero-order chi connectivity index (χ0) is 13.9. The molecule has 0 heterocycles. The zero-order valence-electron chi connectivity index (χ0n) is 13.0. The summed E-state index contributed by atoms with van der Waals surface area (Å²) >= 11 is 0. The monoisotopic (exact) mass is 259 g/mol. The molecule has 1 aromatic carbocycles. The van der Waals surface area contributed by atoms with Crippen LogP contribution in [0.1, 0.15) is 76.5 Å². The van der Waals surface area contributed by atoms with Gasteiger partial charge in [0.2, 0.25) is 0 Å². The van der Waals surface area contributed by atoms with Gasteiger partial charge >= 0.3 is 0 Å². The summed E-state index contributed by atoms with van der Waals surface area (Å²) in [6, 6.07) is 9.79. The van der Waals surface area contributed by atoms with Crippen LogP contribution in [0.15, 0.2) is 24.3 Å². The molecule has 0 aromatic heterocycles. The molecule has 2 rings (SSSR count). The van der Waals surface area contributed by atoms with Gasteiger partial charge in [-0.2, -0.15) is 0 Å². The van der Waals surface area contributed by atoms with Crippen LogP contribution in [-0.4, -0.2) is 6.54 Å². The van der Waals surface area contributed by atoms with Crippen molar-refractivity contribution < 1.29 is 0 Å². The smallest absolute Gasteiger partial charge is 0.0325 e. The second-order valence-corrected chi connectivity index (χ2v) is 7.17. The molecule has 0 amide bonds. The number of rotatable bonds is 5. The van der Waals surface area contributed by atoms with Crippen molar-refractivity contribution in [3.05, 3.63) is 35.4 Å². The third kappa shape index (κ3) is 4.07. The van der Waals surface area contributed by atoms with Crippen molar-refractivity contribution >= 4 is 0 Å². The second kappa shape index (κ2) is 6.09. The molecule has 106 valence electrons. The molecule has 19 heavy (non-hydrogen) atoms. The van der Waals surface area contributed by atoms with E-state index in [0.29, 0.717) is 11.5 Å². The van der Waals surface area contributed by atoms with Gasteiger partial charge in [-0.15, -0.1) is 0 Å². The van der Waals surface area contributed by atoms with Gasteiger partial charge in [-0.1, -0.05) is 58.4 Å². The lowest BCUT2D eigenvalue weighted by molar-refractivity contribution is 0.314. The molecule has 1 aromatic rings. The van der Waals surface area contributed by atoms with E-state index in [9.17, 15) is 0 Å². The first-order chi connectivity index (χ1) is 8.99. The highest BCUT2D eigenvalue weighted by atomic mass is 14.9. The van der Waals surface area contributed by atoms with Crippen LogP contribution in [0.5, 0.6) is 0 Å². The molecule has 0 spiro atoms. The van der Waals surface area contributed by atoms with Gasteiger partial charge in [0.05, 0.1) is 0 Å². The van der Waals surface area contributed by atoms with E-state index in [2.05, 4.69) is 57.3 Å². The molecule has 1 heteroatoms. The van der Waals surface area contributed by atoms with Gasteiger partial charge in [0.15, 0.2) is 0 Å². The van der Waals surface area contributed by atoms with Gasteiger partial charge in [0.25, 0.3) is 0 Å². The average molecular weight is 259 g/mol. The standard InChI is InChI=1S/C18H29N/c1-5-19-17(13-18(2,3)4)16-11-7-10-15(12-16)14-8-6-9-14/h7,10-12,14,17,19H,5-6,8-9,13H2,1-4H3. The van der Waals surface area contributed by atoms with Gasteiger partial charge in [0, 0.05) is 6.04 Å². The minimum atomic E-state index is 0.360. The normalized spacial score (nSPS) is 18.1. The molecule has 1 saturated carbocycles. The van der Waals surface area contributed by atoms with Gasteiger partial charge in [-0.3, -0.25) is 0 Å². The molecule has 1 aliphatic carbocycles. The zero-order valence-corrected chi connectivity index (χ0v) is 13.0. The Morgan fingerprint density at radius 1 is 1.26 bits per heavy atom. The van der Waals surface area contributed by atoms with Gasteiger partial charge in [-0.05, 0) is 48.3 Å². The van der Waals surface area contributed by atoms with E-state index in [1.54, 1.807) is 5.56 Å². The van der Waals surface area contributed by atoms with Crippen LogP contribution in [0.3, 0.4) is 0 Å².